The summed E-state index contributed by atoms with van der Waals surface area (Å²) in [5, 5.41) is 33.2. The highest BCUT2D eigenvalue weighted by molar-refractivity contribution is 9.10. The van der Waals surface area contributed by atoms with Gasteiger partial charge >= 0.3 is 0 Å². The molecule has 10 nitrogen and oxygen atoms in total. The molecule has 4 aromatic rings. The number of para-hydroxylation sites is 2. The number of rotatable bonds is 8. The summed E-state index contributed by atoms with van der Waals surface area (Å²) in [4.78, 5) is 26.1. The summed E-state index contributed by atoms with van der Waals surface area (Å²) < 4.78 is 0.660. The van der Waals surface area contributed by atoms with Crippen molar-refractivity contribution in [1.82, 2.24) is 4.98 Å². The minimum Gasteiger partial charge on any atom is -0.354 e. The van der Waals surface area contributed by atoms with E-state index in [2.05, 4.69) is 36.9 Å². The van der Waals surface area contributed by atoms with Crippen molar-refractivity contribution >= 4 is 73.0 Å². The number of nitrogens with one attached hydrogen (secondary N) is 3. The van der Waals surface area contributed by atoms with Crippen LogP contribution in [0.1, 0.15) is 0 Å². The molecule has 0 atom stereocenters. The quantitative estimate of drug-likeness (QED) is 0.150. The van der Waals surface area contributed by atoms with Crippen molar-refractivity contribution in [2.75, 3.05) is 16.0 Å². The van der Waals surface area contributed by atoms with Gasteiger partial charge in [0.25, 0.3) is 11.4 Å². The third-order valence-electron chi connectivity index (χ3n) is 4.81. The summed E-state index contributed by atoms with van der Waals surface area (Å²) in [5.41, 5.74) is 1.61. The molecule has 0 radical (unpaired) electrons. The van der Waals surface area contributed by atoms with Gasteiger partial charge in [0.05, 0.1) is 39.2 Å². The Bertz CT molecular complexity index is 1420. The molecule has 35 heavy (non-hydrogen) atoms. The number of benzene rings is 3. The zero-order valence-corrected chi connectivity index (χ0v) is 20.1. The van der Waals surface area contributed by atoms with Crippen LogP contribution in [0.5, 0.6) is 0 Å². The molecule has 0 aliphatic heterocycles. The molecule has 0 unspecified atom stereocenters. The maximum atomic E-state index is 11.8. The van der Waals surface area contributed by atoms with Gasteiger partial charge in [0.2, 0.25) is 0 Å². The standard InChI is InChI=1S/C23H16BrClN6O4/c24-14-9-17(13-26-12-14)28-20-10-21(23(31(34)35)11-22(20)30(32)33)29-19-4-2-1-3-18(19)27-16-7-5-15(25)6-8-16/h1-13,27-29H. The average molecular weight is 556 g/mol. The topological polar surface area (TPSA) is 135 Å². The molecule has 176 valence electrons. The molecule has 0 amide bonds. The second kappa shape index (κ2) is 10.4. The van der Waals surface area contributed by atoms with E-state index in [9.17, 15) is 20.2 Å². The van der Waals surface area contributed by atoms with E-state index in [1.165, 1.54) is 12.3 Å². The third kappa shape index (κ3) is 5.83. The lowest BCUT2D eigenvalue weighted by Gasteiger charge is -2.15. The average Bonchev–Trinajstić information content (AvgIpc) is 2.81. The van der Waals surface area contributed by atoms with Gasteiger partial charge in [0.1, 0.15) is 11.4 Å². The minimum absolute atomic E-state index is 0.0612. The fourth-order valence-electron chi connectivity index (χ4n) is 3.25. The largest absolute Gasteiger partial charge is 0.354 e. The normalized spacial score (nSPS) is 10.5. The highest BCUT2D eigenvalue weighted by Crippen LogP contribution is 2.40. The molecule has 1 aromatic heterocycles. The predicted octanol–water partition coefficient (Wildman–Crippen LogP) is 7.54. The fourth-order valence-corrected chi connectivity index (χ4v) is 3.74. The first kappa shape index (κ1) is 23.9. The Morgan fingerprint density at radius 2 is 1.29 bits per heavy atom. The number of pyridine rings is 1. The Kier molecular flexibility index (Phi) is 7.09. The third-order valence-corrected chi connectivity index (χ3v) is 5.50. The van der Waals surface area contributed by atoms with Gasteiger partial charge in [-0.25, -0.2) is 0 Å². The molecule has 3 aromatic carbocycles. The van der Waals surface area contributed by atoms with Crippen LogP contribution in [-0.2, 0) is 0 Å². The molecular weight excluding hydrogens is 540 g/mol. The van der Waals surface area contributed by atoms with E-state index in [-0.39, 0.29) is 11.4 Å². The summed E-state index contributed by atoms with van der Waals surface area (Å²) in [6.45, 7) is 0. The summed E-state index contributed by atoms with van der Waals surface area (Å²) >= 11 is 9.25. The first-order chi connectivity index (χ1) is 16.8. The number of halogens is 2. The molecule has 0 saturated heterocycles. The van der Waals surface area contributed by atoms with E-state index >= 15 is 0 Å². The number of nitrogens with zero attached hydrogens (tertiary/aromatic N) is 3. The van der Waals surface area contributed by atoms with Crippen LogP contribution in [0, 0.1) is 20.2 Å². The Morgan fingerprint density at radius 1 is 0.714 bits per heavy atom. The number of aromatic nitrogens is 1. The Balaban J connectivity index is 1.74. The number of anilines is 6. The van der Waals surface area contributed by atoms with Crippen molar-refractivity contribution in [3.05, 3.63) is 109 Å². The molecule has 0 aliphatic carbocycles. The lowest BCUT2D eigenvalue weighted by Crippen LogP contribution is -2.04. The van der Waals surface area contributed by atoms with Gasteiger partial charge in [-0.1, -0.05) is 23.7 Å². The van der Waals surface area contributed by atoms with E-state index < -0.39 is 21.2 Å². The molecule has 4 rings (SSSR count). The van der Waals surface area contributed by atoms with Crippen LogP contribution in [0.4, 0.5) is 45.5 Å². The fraction of sp³-hybridized carbons (Fsp3) is 0. The maximum Gasteiger partial charge on any atom is 0.299 e. The molecule has 0 fully saturated rings. The van der Waals surface area contributed by atoms with Crippen LogP contribution in [-0.4, -0.2) is 14.8 Å². The molecule has 0 spiro atoms. The first-order valence-corrected chi connectivity index (χ1v) is 11.2. The van der Waals surface area contributed by atoms with Crippen molar-refractivity contribution in [1.29, 1.82) is 0 Å². The summed E-state index contributed by atoms with van der Waals surface area (Å²) in [5.74, 6) is 0. The number of hydrogen-bond donors (Lipinski definition) is 3. The molecule has 0 aliphatic rings. The van der Waals surface area contributed by atoms with E-state index in [1.807, 2.05) is 0 Å². The minimum atomic E-state index is -0.680. The van der Waals surface area contributed by atoms with E-state index in [1.54, 1.807) is 60.8 Å². The van der Waals surface area contributed by atoms with Gasteiger partial charge in [-0.2, -0.15) is 0 Å². The number of hydrogen-bond acceptors (Lipinski definition) is 8. The van der Waals surface area contributed by atoms with Gasteiger partial charge < -0.3 is 16.0 Å². The van der Waals surface area contributed by atoms with Crippen LogP contribution in [0.15, 0.2) is 83.6 Å². The summed E-state index contributed by atoms with van der Waals surface area (Å²) in [6.07, 6.45) is 3.04. The first-order valence-electron chi connectivity index (χ1n) is 10.0. The van der Waals surface area contributed by atoms with Crippen molar-refractivity contribution < 1.29 is 9.85 Å². The molecule has 0 saturated carbocycles. The highest BCUT2D eigenvalue weighted by atomic mass is 79.9. The second-order valence-corrected chi connectivity index (χ2v) is 8.57. The van der Waals surface area contributed by atoms with Crippen molar-refractivity contribution in [3.63, 3.8) is 0 Å². The van der Waals surface area contributed by atoms with Crippen molar-refractivity contribution in [3.8, 4) is 0 Å². The summed E-state index contributed by atoms with van der Waals surface area (Å²) in [7, 11) is 0. The Morgan fingerprint density at radius 3 is 1.89 bits per heavy atom. The molecule has 3 N–H and O–H groups in total. The second-order valence-electron chi connectivity index (χ2n) is 7.22. The lowest BCUT2D eigenvalue weighted by molar-refractivity contribution is -0.393. The van der Waals surface area contributed by atoms with Gasteiger partial charge in [-0.15, -0.1) is 0 Å². The van der Waals surface area contributed by atoms with Gasteiger partial charge in [-0.05, 0) is 64.5 Å². The molecule has 1 heterocycles. The van der Waals surface area contributed by atoms with E-state index in [0.717, 1.165) is 11.8 Å². The van der Waals surface area contributed by atoms with Gasteiger partial charge in [-0.3, -0.25) is 25.2 Å². The summed E-state index contributed by atoms with van der Waals surface area (Å²) in [6, 6.07) is 18.1. The van der Waals surface area contributed by atoms with Crippen LogP contribution >= 0.6 is 27.5 Å². The SMILES string of the molecule is O=[N+]([O-])c1cc([N+](=O)[O-])c(Nc2ccccc2Nc2ccc(Cl)cc2)cc1Nc1cncc(Br)c1. The van der Waals surface area contributed by atoms with Crippen LogP contribution < -0.4 is 16.0 Å². The van der Waals surface area contributed by atoms with E-state index in [4.69, 9.17) is 11.6 Å². The number of nitro groups is 2. The molecular formula is C23H16BrClN6O4. The van der Waals surface area contributed by atoms with Crippen molar-refractivity contribution in [2.45, 2.75) is 0 Å². The predicted molar refractivity (Wildman–Crippen MR) is 139 cm³/mol. The maximum absolute atomic E-state index is 11.8. The van der Waals surface area contributed by atoms with Crippen LogP contribution in [0.3, 0.4) is 0 Å². The zero-order valence-electron chi connectivity index (χ0n) is 17.7. The van der Waals surface area contributed by atoms with E-state index in [0.29, 0.717) is 26.6 Å². The van der Waals surface area contributed by atoms with Crippen LogP contribution in [0.25, 0.3) is 0 Å². The molecule has 12 heteroatoms. The van der Waals surface area contributed by atoms with Gasteiger partial charge in [0.15, 0.2) is 0 Å². The van der Waals surface area contributed by atoms with Crippen molar-refractivity contribution in [2.24, 2.45) is 0 Å². The number of nitro benzene ring substituents is 2. The monoisotopic (exact) mass is 554 g/mol. The Labute approximate surface area is 212 Å². The molecule has 0 bridgehead atoms. The lowest BCUT2D eigenvalue weighted by atomic mass is 10.1. The van der Waals surface area contributed by atoms with Crippen LogP contribution in [0.2, 0.25) is 5.02 Å². The Hall–Kier alpha value is -4.22. The van der Waals surface area contributed by atoms with Gasteiger partial charge in [0, 0.05) is 21.4 Å². The highest BCUT2D eigenvalue weighted by Gasteiger charge is 2.25. The smallest absolute Gasteiger partial charge is 0.299 e. The zero-order chi connectivity index (χ0) is 24.9.